The van der Waals surface area contributed by atoms with Crippen LogP contribution in [0.2, 0.25) is 0 Å². The molecule has 2 heteroatoms. The summed E-state index contributed by atoms with van der Waals surface area (Å²) in [5.74, 6) is 0. The van der Waals surface area contributed by atoms with E-state index in [0.29, 0.717) is 0 Å². The Balaban J connectivity index is 2.29. The average molecular weight is 440 g/mol. The fourth-order valence-corrected chi connectivity index (χ4v) is 4.25. The van der Waals surface area contributed by atoms with E-state index in [4.69, 9.17) is 0 Å². The first-order valence-corrected chi connectivity index (χ1v) is 9.51. The second-order valence-electron chi connectivity index (χ2n) is 6.25. The Morgan fingerprint density at radius 2 is 1.08 bits per heavy atom. The molecule has 0 N–H and O–H groups in total. The monoisotopic (exact) mass is 438 g/mol. The van der Waals surface area contributed by atoms with Crippen molar-refractivity contribution in [3.8, 4) is 11.1 Å². The lowest BCUT2D eigenvalue weighted by molar-refractivity contribution is 1.39. The molecule has 0 amide bonds. The number of hydrogen-bond acceptors (Lipinski definition) is 0. The third-order valence-corrected chi connectivity index (χ3v) is 5.60. The van der Waals surface area contributed by atoms with E-state index in [1.165, 1.54) is 43.8 Å². The van der Waals surface area contributed by atoms with Gasteiger partial charge in [0, 0.05) is 8.95 Å². The van der Waals surface area contributed by atoms with Crippen LogP contribution in [0.5, 0.6) is 0 Å². The van der Waals surface area contributed by atoms with Gasteiger partial charge in [-0.3, -0.25) is 0 Å². The van der Waals surface area contributed by atoms with Crippen molar-refractivity contribution in [3.63, 3.8) is 0 Å². The van der Waals surface area contributed by atoms with Crippen molar-refractivity contribution in [1.29, 1.82) is 0 Å². The molecule has 0 aliphatic carbocycles. The molecule has 0 saturated heterocycles. The van der Waals surface area contributed by atoms with E-state index in [1.54, 1.807) is 0 Å². The fourth-order valence-electron chi connectivity index (χ4n) is 3.53. The number of halogens is 2. The molecule has 118 valence electrons. The van der Waals surface area contributed by atoms with Crippen LogP contribution in [0, 0.1) is 13.8 Å². The third-order valence-electron chi connectivity index (χ3n) is 4.61. The Bertz CT molecular complexity index is 1010. The van der Waals surface area contributed by atoms with Crippen molar-refractivity contribution in [3.05, 3.63) is 80.7 Å². The summed E-state index contributed by atoms with van der Waals surface area (Å²) in [4.78, 5) is 0. The minimum atomic E-state index is 1.11. The van der Waals surface area contributed by atoms with Crippen LogP contribution in [-0.4, -0.2) is 0 Å². The van der Waals surface area contributed by atoms with Crippen molar-refractivity contribution < 1.29 is 0 Å². The molecule has 4 rings (SSSR count). The van der Waals surface area contributed by atoms with Gasteiger partial charge in [0.1, 0.15) is 0 Å². The van der Waals surface area contributed by atoms with Gasteiger partial charge >= 0.3 is 0 Å². The van der Waals surface area contributed by atoms with Crippen molar-refractivity contribution in [2.45, 2.75) is 13.8 Å². The van der Waals surface area contributed by atoms with E-state index < -0.39 is 0 Å². The molecule has 0 radical (unpaired) electrons. The quantitative estimate of drug-likeness (QED) is 0.265. The SMILES string of the molecule is Cc1cccc(C)c1-c1c2cc(Br)ccc2cc2ccc(Br)cc12. The van der Waals surface area contributed by atoms with Crippen LogP contribution in [0.25, 0.3) is 32.7 Å². The standard InChI is InChI=1S/C22H16Br2/c1-13-4-3-5-14(2)21(13)22-19-11-17(23)8-6-15(19)10-16-7-9-18(24)12-20(16)22/h3-12H,1-2H3. The van der Waals surface area contributed by atoms with Crippen LogP contribution in [0.15, 0.2) is 69.6 Å². The summed E-state index contributed by atoms with van der Waals surface area (Å²) in [5, 5.41) is 5.11. The second kappa shape index (κ2) is 6.02. The molecule has 0 aliphatic heterocycles. The van der Waals surface area contributed by atoms with Gasteiger partial charge in [0.15, 0.2) is 0 Å². The first kappa shape index (κ1) is 15.9. The zero-order valence-corrected chi connectivity index (χ0v) is 16.7. The zero-order valence-electron chi connectivity index (χ0n) is 13.5. The predicted octanol–water partition coefficient (Wildman–Crippen LogP) is 7.80. The molecule has 0 spiro atoms. The Hall–Kier alpha value is -1.64. The van der Waals surface area contributed by atoms with Gasteiger partial charge in [-0.25, -0.2) is 0 Å². The maximum absolute atomic E-state index is 3.65. The van der Waals surface area contributed by atoms with E-state index in [1.807, 2.05) is 0 Å². The van der Waals surface area contributed by atoms with Crippen LogP contribution < -0.4 is 0 Å². The molecule has 0 aromatic heterocycles. The Labute approximate surface area is 158 Å². The third kappa shape index (κ3) is 2.58. The summed E-state index contributed by atoms with van der Waals surface area (Å²) >= 11 is 7.29. The van der Waals surface area contributed by atoms with E-state index in [2.05, 4.69) is 106 Å². The van der Waals surface area contributed by atoms with E-state index in [0.717, 1.165) is 8.95 Å². The summed E-state index contributed by atoms with van der Waals surface area (Å²) in [6.45, 7) is 4.39. The molecule has 0 atom stereocenters. The maximum atomic E-state index is 3.65. The van der Waals surface area contributed by atoms with Crippen LogP contribution >= 0.6 is 31.9 Å². The summed E-state index contributed by atoms with van der Waals surface area (Å²) in [6, 6.07) is 21.9. The van der Waals surface area contributed by atoms with Gasteiger partial charge in [-0.05, 0) is 88.0 Å². The second-order valence-corrected chi connectivity index (χ2v) is 8.08. The molecule has 0 nitrogen and oxygen atoms in total. The zero-order chi connectivity index (χ0) is 16.8. The van der Waals surface area contributed by atoms with Gasteiger partial charge in [0.25, 0.3) is 0 Å². The lowest BCUT2D eigenvalue weighted by Crippen LogP contribution is -1.92. The number of fused-ring (bicyclic) bond motifs is 2. The Kier molecular flexibility index (Phi) is 3.98. The predicted molar refractivity (Wildman–Crippen MR) is 112 cm³/mol. The molecule has 4 aromatic carbocycles. The minimum Gasteiger partial charge on any atom is -0.0617 e. The molecule has 24 heavy (non-hydrogen) atoms. The largest absolute Gasteiger partial charge is 0.0617 e. The average Bonchev–Trinajstić information content (AvgIpc) is 2.54. The number of benzene rings is 4. The van der Waals surface area contributed by atoms with Gasteiger partial charge in [0.2, 0.25) is 0 Å². The van der Waals surface area contributed by atoms with E-state index in [9.17, 15) is 0 Å². The Morgan fingerprint density at radius 1 is 0.583 bits per heavy atom. The molecule has 0 unspecified atom stereocenters. The van der Waals surface area contributed by atoms with E-state index >= 15 is 0 Å². The molecule has 0 saturated carbocycles. The van der Waals surface area contributed by atoms with Crippen molar-refractivity contribution in [2.75, 3.05) is 0 Å². The van der Waals surface area contributed by atoms with Crippen molar-refractivity contribution >= 4 is 53.4 Å². The number of aryl methyl sites for hydroxylation is 2. The molecule has 0 bridgehead atoms. The summed E-state index contributed by atoms with van der Waals surface area (Å²) in [7, 11) is 0. The van der Waals surface area contributed by atoms with Gasteiger partial charge in [-0.1, -0.05) is 62.2 Å². The summed E-state index contributed by atoms with van der Waals surface area (Å²) in [6.07, 6.45) is 0. The maximum Gasteiger partial charge on any atom is 0.0181 e. The van der Waals surface area contributed by atoms with Crippen LogP contribution in [-0.2, 0) is 0 Å². The molecular formula is C22H16Br2. The highest BCUT2D eigenvalue weighted by Crippen LogP contribution is 2.41. The highest BCUT2D eigenvalue weighted by atomic mass is 79.9. The molecule has 0 fully saturated rings. The van der Waals surface area contributed by atoms with Gasteiger partial charge in [-0.15, -0.1) is 0 Å². The lowest BCUT2D eigenvalue weighted by atomic mass is 9.88. The smallest absolute Gasteiger partial charge is 0.0181 e. The first-order chi connectivity index (χ1) is 11.5. The van der Waals surface area contributed by atoms with Crippen LogP contribution in [0.4, 0.5) is 0 Å². The van der Waals surface area contributed by atoms with Gasteiger partial charge < -0.3 is 0 Å². The lowest BCUT2D eigenvalue weighted by Gasteiger charge is -2.17. The fraction of sp³-hybridized carbons (Fsp3) is 0.0909. The Morgan fingerprint density at radius 3 is 1.58 bits per heavy atom. The van der Waals surface area contributed by atoms with Crippen LogP contribution in [0.1, 0.15) is 11.1 Å². The minimum absolute atomic E-state index is 1.11. The highest BCUT2D eigenvalue weighted by molar-refractivity contribution is 9.10. The topological polar surface area (TPSA) is 0 Å². The molecule has 0 heterocycles. The molecule has 4 aromatic rings. The highest BCUT2D eigenvalue weighted by Gasteiger charge is 2.14. The normalized spacial score (nSPS) is 11.3. The van der Waals surface area contributed by atoms with E-state index in [-0.39, 0.29) is 0 Å². The molecular weight excluding hydrogens is 424 g/mol. The molecule has 0 aliphatic rings. The summed E-state index contributed by atoms with van der Waals surface area (Å²) in [5.41, 5.74) is 5.28. The van der Waals surface area contributed by atoms with Gasteiger partial charge in [0.05, 0.1) is 0 Å². The summed E-state index contributed by atoms with van der Waals surface area (Å²) < 4.78 is 2.22. The van der Waals surface area contributed by atoms with Crippen molar-refractivity contribution in [1.82, 2.24) is 0 Å². The van der Waals surface area contributed by atoms with Gasteiger partial charge in [-0.2, -0.15) is 0 Å². The van der Waals surface area contributed by atoms with Crippen molar-refractivity contribution in [2.24, 2.45) is 0 Å². The first-order valence-electron chi connectivity index (χ1n) is 7.93. The number of hydrogen-bond donors (Lipinski definition) is 0. The van der Waals surface area contributed by atoms with Crippen LogP contribution in [0.3, 0.4) is 0 Å². The number of rotatable bonds is 1.